The zero-order chi connectivity index (χ0) is 14.5. The lowest BCUT2D eigenvalue weighted by atomic mass is 9.96. The summed E-state index contributed by atoms with van der Waals surface area (Å²) in [7, 11) is 1.64. The van der Waals surface area contributed by atoms with Crippen molar-refractivity contribution in [1.82, 2.24) is 0 Å². The van der Waals surface area contributed by atoms with Gasteiger partial charge >= 0.3 is 0 Å². The maximum atomic E-state index is 10.5. The van der Waals surface area contributed by atoms with E-state index >= 15 is 0 Å². The summed E-state index contributed by atoms with van der Waals surface area (Å²) in [6.07, 6.45) is 0.441. The summed E-state index contributed by atoms with van der Waals surface area (Å²) in [4.78, 5) is 0. The first-order valence-electron chi connectivity index (χ1n) is 7.01. The van der Waals surface area contributed by atoms with E-state index in [1.165, 1.54) is 5.56 Å². The number of hydrogen-bond donors (Lipinski definition) is 1. The van der Waals surface area contributed by atoms with Crippen molar-refractivity contribution in [1.29, 1.82) is 0 Å². The molecule has 1 atom stereocenters. The second kappa shape index (κ2) is 6.58. The van der Waals surface area contributed by atoms with Crippen LogP contribution in [0.2, 0.25) is 0 Å². The average molecular weight is 270 g/mol. The van der Waals surface area contributed by atoms with Crippen molar-refractivity contribution < 1.29 is 9.84 Å². The first-order chi connectivity index (χ1) is 9.60. The third-order valence-electron chi connectivity index (χ3n) is 3.34. The summed E-state index contributed by atoms with van der Waals surface area (Å²) >= 11 is 0. The molecule has 0 radical (unpaired) electrons. The number of methoxy groups -OCH3 is 1. The molecule has 2 aromatic rings. The number of hydrogen-bond acceptors (Lipinski definition) is 2. The van der Waals surface area contributed by atoms with Gasteiger partial charge < -0.3 is 9.84 Å². The molecular formula is C18H22O2. The van der Waals surface area contributed by atoms with Gasteiger partial charge in [-0.1, -0.05) is 50.2 Å². The maximum Gasteiger partial charge on any atom is 0.118 e. The van der Waals surface area contributed by atoms with Crippen LogP contribution in [0.4, 0.5) is 0 Å². The molecule has 20 heavy (non-hydrogen) atoms. The van der Waals surface area contributed by atoms with Crippen LogP contribution in [0.3, 0.4) is 0 Å². The van der Waals surface area contributed by atoms with Gasteiger partial charge in [-0.25, -0.2) is 0 Å². The van der Waals surface area contributed by atoms with Gasteiger partial charge in [-0.15, -0.1) is 0 Å². The Morgan fingerprint density at radius 3 is 2.30 bits per heavy atom. The van der Waals surface area contributed by atoms with Gasteiger partial charge in [-0.3, -0.25) is 0 Å². The third kappa shape index (κ3) is 3.61. The van der Waals surface area contributed by atoms with E-state index in [9.17, 15) is 5.11 Å². The molecule has 0 spiro atoms. The Morgan fingerprint density at radius 1 is 1.00 bits per heavy atom. The van der Waals surface area contributed by atoms with Crippen molar-refractivity contribution in [3.05, 3.63) is 65.2 Å². The molecule has 0 aliphatic rings. The van der Waals surface area contributed by atoms with E-state index in [2.05, 4.69) is 26.0 Å². The highest BCUT2D eigenvalue weighted by Gasteiger charge is 2.11. The number of benzene rings is 2. The monoisotopic (exact) mass is 270 g/mol. The smallest absolute Gasteiger partial charge is 0.118 e. The van der Waals surface area contributed by atoms with Crippen molar-refractivity contribution in [2.45, 2.75) is 26.4 Å². The van der Waals surface area contributed by atoms with Crippen LogP contribution in [0, 0.1) is 5.92 Å². The van der Waals surface area contributed by atoms with E-state index in [-0.39, 0.29) is 0 Å². The maximum absolute atomic E-state index is 10.5. The molecule has 2 aromatic carbocycles. The Bertz CT molecular complexity index is 544. The molecule has 0 bridgehead atoms. The van der Waals surface area contributed by atoms with Crippen molar-refractivity contribution >= 4 is 0 Å². The largest absolute Gasteiger partial charge is 0.497 e. The predicted octanol–water partition coefficient (Wildman–Crippen LogP) is 3.98. The minimum Gasteiger partial charge on any atom is -0.497 e. The SMILES string of the molecule is COc1ccc(C(O)c2cccc(CC(C)C)c2)cc1. The molecular weight excluding hydrogens is 248 g/mol. The highest BCUT2D eigenvalue weighted by molar-refractivity contribution is 5.35. The predicted molar refractivity (Wildman–Crippen MR) is 82.0 cm³/mol. The van der Waals surface area contributed by atoms with Crippen LogP contribution in [-0.4, -0.2) is 12.2 Å². The number of aliphatic hydroxyl groups is 1. The molecule has 2 heteroatoms. The lowest BCUT2D eigenvalue weighted by Gasteiger charge is -2.14. The van der Waals surface area contributed by atoms with Gasteiger partial charge in [0, 0.05) is 0 Å². The van der Waals surface area contributed by atoms with Gasteiger partial charge in [-0.05, 0) is 41.2 Å². The number of aliphatic hydroxyl groups excluding tert-OH is 1. The molecule has 0 heterocycles. The minimum atomic E-state index is -0.590. The molecule has 0 fully saturated rings. The normalized spacial score (nSPS) is 12.4. The second-order valence-electron chi connectivity index (χ2n) is 5.52. The minimum absolute atomic E-state index is 0.590. The molecule has 0 saturated carbocycles. The second-order valence-corrected chi connectivity index (χ2v) is 5.52. The van der Waals surface area contributed by atoms with Crippen LogP contribution in [0.25, 0.3) is 0 Å². The topological polar surface area (TPSA) is 29.5 Å². The standard InChI is InChI=1S/C18H22O2/c1-13(2)11-14-5-4-6-16(12-14)18(19)15-7-9-17(20-3)10-8-15/h4-10,12-13,18-19H,11H2,1-3H3. The van der Waals surface area contributed by atoms with Gasteiger partial charge in [-0.2, -0.15) is 0 Å². The molecule has 2 nitrogen and oxygen atoms in total. The third-order valence-corrected chi connectivity index (χ3v) is 3.34. The highest BCUT2D eigenvalue weighted by atomic mass is 16.5. The fourth-order valence-electron chi connectivity index (χ4n) is 2.34. The molecule has 2 rings (SSSR count). The van der Waals surface area contributed by atoms with Crippen molar-refractivity contribution in [3.63, 3.8) is 0 Å². The fourth-order valence-corrected chi connectivity index (χ4v) is 2.34. The van der Waals surface area contributed by atoms with Crippen LogP contribution < -0.4 is 4.74 Å². The molecule has 1 unspecified atom stereocenters. The number of ether oxygens (including phenoxy) is 1. The van der Waals surface area contributed by atoms with Gasteiger partial charge in [0.15, 0.2) is 0 Å². The van der Waals surface area contributed by atoms with Crippen LogP contribution in [0.1, 0.15) is 36.6 Å². The van der Waals surface area contributed by atoms with E-state index in [0.717, 1.165) is 23.3 Å². The zero-order valence-electron chi connectivity index (χ0n) is 12.3. The van der Waals surface area contributed by atoms with Crippen LogP contribution in [0.5, 0.6) is 5.75 Å². The summed E-state index contributed by atoms with van der Waals surface area (Å²) in [5, 5.41) is 10.5. The number of rotatable bonds is 5. The Balaban J connectivity index is 2.20. The quantitative estimate of drug-likeness (QED) is 0.890. The zero-order valence-corrected chi connectivity index (χ0v) is 12.3. The summed E-state index contributed by atoms with van der Waals surface area (Å²) in [6, 6.07) is 15.7. The summed E-state index contributed by atoms with van der Waals surface area (Å²) < 4.78 is 5.14. The molecule has 0 amide bonds. The molecule has 0 saturated heterocycles. The van der Waals surface area contributed by atoms with Gasteiger partial charge in [0.1, 0.15) is 11.9 Å². The molecule has 0 aromatic heterocycles. The van der Waals surface area contributed by atoms with Crippen LogP contribution in [-0.2, 0) is 6.42 Å². The summed E-state index contributed by atoms with van der Waals surface area (Å²) in [5.41, 5.74) is 3.09. The van der Waals surface area contributed by atoms with Gasteiger partial charge in [0.2, 0.25) is 0 Å². The van der Waals surface area contributed by atoms with Gasteiger partial charge in [0.25, 0.3) is 0 Å². The van der Waals surface area contributed by atoms with E-state index in [4.69, 9.17) is 4.74 Å². The van der Waals surface area contributed by atoms with E-state index in [0.29, 0.717) is 5.92 Å². The highest BCUT2D eigenvalue weighted by Crippen LogP contribution is 2.25. The van der Waals surface area contributed by atoms with Crippen LogP contribution in [0.15, 0.2) is 48.5 Å². The summed E-state index contributed by atoms with van der Waals surface area (Å²) in [6.45, 7) is 4.40. The Morgan fingerprint density at radius 2 is 1.70 bits per heavy atom. The first-order valence-corrected chi connectivity index (χ1v) is 7.01. The van der Waals surface area contributed by atoms with Gasteiger partial charge in [0.05, 0.1) is 7.11 Å². The molecule has 0 aliphatic heterocycles. The van der Waals surface area contributed by atoms with E-state index in [1.54, 1.807) is 7.11 Å². The Kier molecular flexibility index (Phi) is 4.80. The summed E-state index contributed by atoms with van der Waals surface area (Å²) in [5.74, 6) is 1.41. The van der Waals surface area contributed by atoms with Crippen molar-refractivity contribution in [2.24, 2.45) is 5.92 Å². The first kappa shape index (κ1) is 14.6. The lowest BCUT2D eigenvalue weighted by Crippen LogP contribution is -2.01. The van der Waals surface area contributed by atoms with E-state index in [1.807, 2.05) is 36.4 Å². The van der Waals surface area contributed by atoms with Crippen LogP contribution >= 0.6 is 0 Å². The Hall–Kier alpha value is -1.80. The van der Waals surface area contributed by atoms with E-state index < -0.39 is 6.10 Å². The van der Waals surface area contributed by atoms with Crippen molar-refractivity contribution in [2.75, 3.05) is 7.11 Å². The molecule has 106 valence electrons. The Labute approximate surface area is 121 Å². The lowest BCUT2D eigenvalue weighted by molar-refractivity contribution is 0.220. The molecule has 0 aliphatic carbocycles. The average Bonchev–Trinajstić information content (AvgIpc) is 2.46. The molecule has 1 N–H and O–H groups in total. The van der Waals surface area contributed by atoms with Crippen molar-refractivity contribution in [3.8, 4) is 5.75 Å². The fraction of sp³-hybridized carbons (Fsp3) is 0.333.